The minimum atomic E-state index is 0.0447. The Morgan fingerprint density at radius 3 is 2.71 bits per heavy atom. The van der Waals surface area contributed by atoms with Gasteiger partial charge in [0.15, 0.2) is 0 Å². The van der Waals surface area contributed by atoms with Crippen molar-refractivity contribution in [2.45, 2.75) is 26.3 Å². The lowest BCUT2D eigenvalue weighted by Crippen LogP contribution is -2.12. The van der Waals surface area contributed by atoms with E-state index in [4.69, 9.17) is 11.0 Å². The van der Waals surface area contributed by atoms with Gasteiger partial charge in [0.2, 0.25) is 0 Å². The summed E-state index contributed by atoms with van der Waals surface area (Å²) in [6.07, 6.45) is 0.953. The third-order valence-corrected chi connectivity index (χ3v) is 2.17. The maximum absolute atomic E-state index is 8.73. The molecule has 0 heterocycles. The Labute approximate surface area is 85.4 Å². The molecule has 1 aromatic carbocycles. The zero-order valence-corrected chi connectivity index (χ0v) is 8.70. The van der Waals surface area contributed by atoms with Crippen molar-refractivity contribution in [3.63, 3.8) is 0 Å². The molecule has 0 aliphatic heterocycles. The summed E-state index contributed by atoms with van der Waals surface area (Å²) < 4.78 is 0. The SMILES string of the molecule is CC(C)C[C@@H](N)c1cccc(C#N)c1. The third kappa shape index (κ3) is 2.86. The second-order valence-corrected chi connectivity index (χ2v) is 3.97. The van der Waals surface area contributed by atoms with Crippen molar-refractivity contribution in [2.75, 3.05) is 0 Å². The van der Waals surface area contributed by atoms with Crippen LogP contribution in [0.2, 0.25) is 0 Å². The largest absolute Gasteiger partial charge is 0.324 e. The Kier molecular flexibility index (Phi) is 3.67. The lowest BCUT2D eigenvalue weighted by molar-refractivity contribution is 0.510. The van der Waals surface area contributed by atoms with Gasteiger partial charge in [-0.1, -0.05) is 26.0 Å². The van der Waals surface area contributed by atoms with Gasteiger partial charge in [-0.2, -0.15) is 5.26 Å². The lowest BCUT2D eigenvalue weighted by atomic mass is 9.97. The molecule has 74 valence electrons. The van der Waals surface area contributed by atoms with Crippen LogP contribution in [0.15, 0.2) is 24.3 Å². The predicted molar refractivity (Wildman–Crippen MR) is 57.5 cm³/mol. The molecule has 1 aromatic rings. The molecular formula is C12H16N2. The van der Waals surface area contributed by atoms with Gasteiger partial charge in [-0.25, -0.2) is 0 Å². The van der Waals surface area contributed by atoms with E-state index in [9.17, 15) is 0 Å². The first-order chi connectivity index (χ1) is 6.63. The molecule has 1 rings (SSSR count). The Morgan fingerprint density at radius 1 is 1.43 bits per heavy atom. The summed E-state index contributed by atoms with van der Waals surface area (Å²) >= 11 is 0. The molecule has 0 radical (unpaired) electrons. The van der Waals surface area contributed by atoms with Crippen LogP contribution in [0, 0.1) is 17.2 Å². The van der Waals surface area contributed by atoms with E-state index in [1.807, 2.05) is 18.2 Å². The van der Waals surface area contributed by atoms with E-state index in [0.29, 0.717) is 11.5 Å². The van der Waals surface area contributed by atoms with E-state index in [0.717, 1.165) is 12.0 Å². The molecule has 0 aliphatic rings. The van der Waals surface area contributed by atoms with Crippen molar-refractivity contribution >= 4 is 0 Å². The summed E-state index contributed by atoms with van der Waals surface area (Å²) in [6.45, 7) is 4.29. The molecule has 0 saturated carbocycles. The van der Waals surface area contributed by atoms with Crippen molar-refractivity contribution in [3.8, 4) is 6.07 Å². The number of nitrogens with zero attached hydrogens (tertiary/aromatic N) is 1. The first kappa shape index (κ1) is 10.7. The van der Waals surface area contributed by atoms with Crippen LogP contribution in [0.5, 0.6) is 0 Å². The lowest BCUT2D eigenvalue weighted by Gasteiger charge is -2.14. The number of rotatable bonds is 3. The summed E-state index contributed by atoms with van der Waals surface area (Å²) in [6, 6.07) is 9.69. The summed E-state index contributed by atoms with van der Waals surface area (Å²) in [7, 11) is 0. The Morgan fingerprint density at radius 2 is 2.14 bits per heavy atom. The molecule has 0 unspecified atom stereocenters. The van der Waals surface area contributed by atoms with Gasteiger partial charge >= 0.3 is 0 Å². The summed E-state index contributed by atoms with van der Waals surface area (Å²) in [5.41, 5.74) is 7.75. The number of benzene rings is 1. The van der Waals surface area contributed by atoms with E-state index < -0.39 is 0 Å². The number of nitrogens with two attached hydrogens (primary N) is 1. The standard InChI is InChI=1S/C12H16N2/c1-9(2)6-12(14)11-5-3-4-10(7-11)8-13/h3-5,7,9,12H,6,14H2,1-2H3/t12-/m1/s1. The van der Waals surface area contributed by atoms with Crippen LogP contribution in [-0.2, 0) is 0 Å². The van der Waals surface area contributed by atoms with Gasteiger partial charge in [-0.05, 0) is 30.0 Å². The Bertz CT molecular complexity index is 336. The Hall–Kier alpha value is -1.33. The second-order valence-electron chi connectivity index (χ2n) is 3.97. The molecule has 2 nitrogen and oxygen atoms in total. The van der Waals surface area contributed by atoms with E-state index in [1.54, 1.807) is 6.07 Å². The highest BCUT2D eigenvalue weighted by molar-refractivity contribution is 5.34. The van der Waals surface area contributed by atoms with Crippen LogP contribution in [0.25, 0.3) is 0 Å². The molecule has 2 N–H and O–H groups in total. The maximum Gasteiger partial charge on any atom is 0.0991 e. The van der Waals surface area contributed by atoms with Crippen LogP contribution < -0.4 is 5.73 Å². The second kappa shape index (κ2) is 4.78. The summed E-state index contributed by atoms with van der Waals surface area (Å²) in [5.74, 6) is 0.579. The number of hydrogen-bond acceptors (Lipinski definition) is 2. The molecular weight excluding hydrogens is 172 g/mol. The first-order valence-electron chi connectivity index (χ1n) is 4.89. The summed E-state index contributed by atoms with van der Waals surface area (Å²) in [5, 5.41) is 8.73. The average molecular weight is 188 g/mol. The van der Waals surface area contributed by atoms with Crippen LogP contribution in [0.4, 0.5) is 0 Å². The van der Waals surface area contributed by atoms with E-state index >= 15 is 0 Å². The van der Waals surface area contributed by atoms with Crippen molar-refractivity contribution < 1.29 is 0 Å². The Balaban J connectivity index is 2.80. The maximum atomic E-state index is 8.73. The topological polar surface area (TPSA) is 49.8 Å². The van der Waals surface area contributed by atoms with Gasteiger partial charge in [-0.3, -0.25) is 0 Å². The van der Waals surface area contributed by atoms with Gasteiger partial charge in [-0.15, -0.1) is 0 Å². The van der Waals surface area contributed by atoms with E-state index in [-0.39, 0.29) is 6.04 Å². The summed E-state index contributed by atoms with van der Waals surface area (Å²) in [4.78, 5) is 0. The predicted octanol–water partition coefficient (Wildman–Crippen LogP) is 2.60. The van der Waals surface area contributed by atoms with Crippen molar-refractivity contribution in [2.24, 2.45) is 11.7 Å². The van der Waals surface area contributed by atoms with Crippen molar-refractivity contribution in [3.05, 3.63) is 35.4 Å². The quantitative estimate of drug-likeness (QED) is 0.792. The van der Waals surface area contributed by atoms with Gasteiger partial charge < -0.3 is 5.73 Å². The fraction of sp³-hybridized carbons (Fsp3) is 0.417. The third-order valence-electron chi connectivity index (χ3n) is 2.17. The number of hydrogen-bond donors (Lipinski definition) is 1. The fourth-order valence-corrected chi connectivity index (χ4v) is 1.48. The first-order valence-corrected chi connectivity index (χ1v) is 4.89. The normalized spacial score (nSPS) is 12.5. The molecule has 0 spiro atoms. The zero-order chi connectivity index (χ0) is 10.6. The minimum absolute atomic E-state index is 0.0447. The van der Waals surface area contributed by atoms with Crippen molar-refractivity contribution in [1.82, 2.24) is 0 Å². The highest BCUT2D eigenvalue weighted by Crippen LogP contribution is 2.19. The molecule has 0 aromatic heterocycles. The smallest absolute Gasteiger partial charge is 0.0991 e. The number of nitriles is 1. The van der Waals surface area contributed by atoms with Gasteiger partial charge in [0.05, 0.1) is 11.6 Å². The molecule has 0 bridgehead atoms. The zero-order valence-electron chi connectivity index (χ0n) is 8.70. The van der Waals surface area contributed by atoms with Crippen LogP contribution in [0.1, 0.15) is 37.4 Å². The monoisotopic (exact) mass is 188 g/mol. The minimum Gasteiger partial charge on any atom is -0.324 e. The highest BCUT2D eigenvalue weighted by Gasteiger charge is 2.08. The molecule has 2 heteroatoms. The van der Waals surface area contributed by atoms with E-state index in [1.165, 1.54) is 0 Å². The van der Waals surface area contributed by atoms with Gasteiger partial charge in [0.1, 0.15) is 0 Å². The molecule has 14 heavy (non-hydrogen) atoms. The van der Waals surface area contributed by atoms with Gasteiger partial charge in [0.25, 0.3) is 0 Å². The average Bonchev–Trinajstić information content (AvgIpc) is 2.17. The molecule has 1 atom stereocenters. The van der Waals surface area contributed by atoms with Gasteiger partial charge in [0, 0.05) is 6.04 Å². The molecule has 0 aliphatic carbocycles. The van der Waals surface area contributed by atoms with Crippen LogP contribution in [0.3, 0.4) is 0 Å². The molecule has 0 saturated heterocycles. The molecule has 0 amide bonds. The highest BCUT2D eigenvalue weighted by atomic mass is 14.6. The van der Waals surface area contributed by atoms with Crippen LogP contribution in [-0.4, -0.2) is 0 Å². The van der Waals surface area contributed by atoms with Crippen molar-refractivity contribution in [1.29, 1.82) is 5.26 Å². The van der Waals surface area contributed by atoms with Crippen LogP contribution >= 0.6 is 0 Å². The molecule has 0 fully saturated rings. The fourth-order valence-electron chi connectivity index (χ4n) is 1.48. The van der Waals surface area contributed by atoms with E-state index in [2.05, 4.69) is 19.9 Å².